The summed E-state index contributed by atoms with van der Waals surface area (Å²) in [4.78, 5) is 0. The standard InChI is InChI=1S/C20H35NO/c1-13-4-5-16-15-7-11-20(21)12-14(22)6-10-19(20,3)17(15)8-9-18(13,16)2/h13-17,22H,4-12,21H2,1-3H3. The lowest BCUT2D eigenvalue weighted by molar-refractivity contribution is -0.137. The number of aliphatic hydroxyl groups excluding tert-OH is 1. The van der Waals surface area contributed by atoms with Gasteiger partial charge in [0.15, 0.2) is 0 Å². The highest BCUT2D eigenvalue weighted by Crippen LogP contribution is 2.67. The Hall–Kier alpha value is -0.0800. The van der Waals surface area contributed by atoms with Crippen molar-refractivity contribution in [2.24, 2.45) is 40.2 Å². The van der Waals surface area contributed by atoms with E-state index in [2.05, 4.69) is 20.8 Å². The van der Waals surface area contributed by atoms with Gasteiger partial charge in [-0.3, -0.25) is 0 Å². The largest absolute Gasteiger partial charge is 0.393 e. The molecule has 2 heteroatoms. The van der Waals surface area contributed by atoms with E-state index in [1.807, 2.05) is 0 Å². The predicted molar refractivity (Wildman–Crippen MR) is 90.3 cm³/mol. The van der Waals surface area contributed by atoms with Gasteiger partial charge in [-0.2, -0.15) is 0 Å². The topological polar surface area (TPSA) is 46.2 Å². The van der Waals surface area contributed by atoms with Crippen LogP contribution in [0, 0.1) is 34.5 Å². The zero-order chi connectivity index (χ0) is 15.8. The summed E-state index contributed by atoms with van der Waals surface area (Å²) in [6.07, 6.45) is 10.9. The van der Waals surface area contributed by atoms with Gasteiger partial charge in [-0.05, 0) is 92.3 Å². The molecule has 0 aliphatic heterocycles. The van der Waals surface area contributed by atoms with Crippen LogP contribution in [0.5, 0.6) is 0 Å². The Morgan fingerprint density at radius 3 is 2.45 bits per heavy atom. The molecular formula is C20H35NO. The second-order valence-corrected chi connectivity index (χ2v) is 9.91. The molecule has 3 N–H and O–H groups in total. The van der Waals surface area contributed by atoms with E-state index >= 15 is 0 Å². The molecule has 0 aromatic rings. The Morgan fingerprint density at radius 2 is 1.68 bits per heavy atom. The van der Waals surface area contributed by atoms with Crippen LogP contribution >= 0.6 is 0 Å². The fourth-order valence-corrected chi connectivity index (χ4v) is 7.58. The second-order valence-electron chi connectivity index (χ2n) is 9.91. The minimum atomic E-state index is -0.157. The first kappa shape index (κ1) is 15.4. The van der Waals surface area contributed by atoms with E-state index in [0.29, 0.717) is 5.41 Å². The van der Waals surface area contributed by atoms with E-state index < -0.39 is 0 Å². The number of fused-ring (bicyclic) bond motifs is 5. The maximum absolute atomic E-state index is 10.2. The minimum absolute atomic E-state index is 0.107. The zero-order valence-electron chi connectivity index (χ0n) is 14.8. The van der Waals surface area contributed by atoms with E-state index in [0.717, 1.165) is 49.4 Å². The summed E-state index contributed by atoms with van der Waals surface area (Å²) in [6, 6.07) is 0. The number of hydrogen-bond acceptors (Lipinski definition) is 2. The molecule has 0 radical (unpaired) electrons. The molecule has 8 atom stereocenters. The SMILES string of the molecule is CC1CCC2C3CCC4(N)CC(O)CCC4(C)C3CCC12C. The van der Waals surface area contributed by atoms with Crippen LogP contribution in [0.25, 0.3) is 0 Å². The predicted octanol–water partition coefficient (Wildman–Crippen LogP) is 4.11. The first-order chi connectivity index (χ1) is 10.3. The Bertz CT molecular complexity index is 465. The first-order valence-corrected chi connectivity index (χ1v) is 9.77. The molecule has 4 aliphatic carbocycles. The molecule has 4 fully saturated rings. The highest BCUT2D eigenvalue weighted by atomic mass is 16.3. The van der Waals surface area contributed by atoms with Crippen LogP contribution < -0.4 is 5.73 Å². The van der Waals surface area contributed by atoms with E-state index in [4.69, 9.17) is 5.73 Å². The number of rotatable bonds is 0. The number of hydrogen-bond donors (Lipinski definition) is 2. The van der Waals surface area contributed by atoms with Crippen LogP contribution in [0.15, 0.2) is 0 Å². The van der Waals surface area contributed by atoms with Crippen LogP contribution in [0.3, 0.4) is 0 Å². The van der Waals surface area contributed by atoms with Crippen LogP contribution in [0.1, 0.15) is 78.6 Å². The van der Waals surface area contributed by atoms with Crippen molar-refractivity contribution in [3.63, 3.8) is 0 Å². The van der Waals surface area contributed by atoms with Crippen LogP contribution in [-0.4, -0.2) is 16.7 Å². The maximum Gasteiger partial charge on any atom is 0.0558 e. The molecule has 0 amide bonds. The molecular weight excluding hydrogens is 270 g/mol. The second kappa shape index (κ2) is 4.72. The van der Waals surface area contributed by atoms with Crippen LogP contribution in [0.2, 0.25) is 0 Å². The summed E-state index contributed by atoms with van der Waals surface area (Å²) in [5.41, 5.74) is 7.69. The Kier molecular flexibility index (Phi) is 3.32. The van der Waals surface area contributed by atoms with Gasteiger partial charge in [0.2, 0.25) is 0 Å². The Balaban J connectivity index is 1.67. The van der Waals surface area contributed by atoms with E-state index in [-0.39, 0.29) is 17.1 Å². The summed E-state index contributed by atoms with van der Waals surface area (Å²) in [7, 11) is 0. The quantitative estimate of drug-likeness (QED) is 0.707. The molecule has 2 nitrogen and oxygen atoms in total. The molecule has 22 heavy (non-hydrogen) atoms. The van der Waals surface area contributed by atoms with Crippen molar-refractivity contribution in [2.45, 2.75) is 90.2 Å². The molecule has 126 valence electrons. The molecule has 4 aliphatic rings. The summed E-state index contributed by atoms with van der Waals surface area (Å²) >= 11 is 0. The van der Waals surface area contributed by atoms with Crippen molar-refractivity contribution in [1.29, 1.82) is 0 Å². The van der Waals surface area contributed by atoms with Gasteiger partial charge >= 0.3 is 0 Å². The van der Waals surface area contributed by atoms with E-state index in [9.17, 15) is 5.11 Å². The first-order valence-electron chi connectivity index (χ1n) is 9.77. The summed E-state index contributed by atoms with van der Waals surface area (Å²) < 4.78 is 0. The van der Waals surface area contributed by atoms with Crippen LogP contribution in [-0.2, 0) is 0 Å². The molecule has 0 aromatic heterocycles. The third kappa shape index (κ3) is 1.80. The molecule has 0 aromatic carbocycles. The number of nitrogens with two attached hydrogens (primary N) is 1. The normalized spacial score (nSPS) is 61.2. The van der Waals surface area contributed by atoms with E-state index in [1.165, 1.54) is 32.1 Å². The lowest BCUT2D eigenvalue weighted by Gasteiger charge is -2.64. The van der Waals surface area contributed by atoms with Crippen molar-refractivity contribution >= 4 is 0 Å². The fraction of sp³-hybridized carbons (Fsp3) is 1.00. The molecule has 0 saturated heterocycles. The molecule has 4 rings (SSSR count). The average Bonchev–Trinajstić information content (AvgIpc) is 2.76. The fourth-order valence-electron chi connectivity index (χ4n) is 7.58. The van der Waals surface area contributed by atoms with Gasteiger partial charge in [-0.25, -0.2) is 0 Å². The average molecular weight is 306 g/mol. The molecule has 4 saturated carbocycles. The van der Waals surface area contributed by atoms with Gasteiger partial charge in [0.05, 0.1) is 6.10 Å². The third-order valence-corrected chi connectivity index (χ3v) is 9.39. The van der Waals surface area contributed by atoms with Crippen molar-refractivity contribution in [1.82, 2.24) is 0 Å². The third-order valence-electron chi connectivity index (χ3n) is 9.39. The van der Waals surface area contributed by atoms with Gasteiger partial charge in [0.1, 0.15) is 0 Å². The number of aliphatic hydroxyl groups is 1. The molecule has 0 heterocycles. The monoisotopic (exact) mass is 305 g/mol. The zero-order valence-corrected chi connectivity index (χ0v) is 14.8. The van der Waals surface area contributed by atoms with Gasteiger partial charge in [0, 0.05) is 5.54 Å². The summed E-state index contributed by atoms with van der Waals surface area (Å²) in [5, 5.41) is 10.2. The Labute approximate surface area is 136 Å². The highest BCUT2D eigenvalue weighted by molar-refractivity contribution is 5.15. The molecule has 8 unspecified atom stereocenters. The van der Waals surface area contributed by atoms with Gasteiger partial charge in [0.25, 0.3) is 0 Å². The van der Waals surface area contributed by atoms with E-state index in [1.54, 1.807) is 0 Å². The van der Waals surface area contributed by atoms with Crippen LogP contribution in [0.4, 0.5) is 0 Å². The summed E-state index contributed by atoms with van der Waals surface area (Å²) in [6.45, 7) is 7.56. The van der Waals surface area contributed by atoms with Crippen molar-refractivity contribution < 1.29 is 5.11 Å². The van der Waals surface area contributed by atoms with Crippen molar-refractivity contribution in [2.75, 3.05) is 0 Å². The van der Waals surface area contributed by atoms with Gasteiger partial charge < -0.3 is 10.8 Å². The van der Waals surface area contributed by atoms with Gasteiger partial charge in [-0.15, -0.1) is 0 Å². The molecule has 0 bridgehead atoms. The maximum atomic E-state index is 10.2. The lowest BCUT2D eigenvalue weighted by Crippen LogP contribution is -2.66. The van der Waals surface area contributed by atoms with Crippen molar-refractivity contribution in [3.05, 3.63) is 0 Å². The smallest absolute Gasteiger partial charge is 0.0558 e. The summed E-state index contributed by atoms with van der Waals surface area (Å²) in [5.74, 6) is 3.56. The van der Waals surface area contributed by atoms with Gasteiger partial charge in [-0.1, -0.05) is 20.8 Å². The minimum Gasteiger partial charge on any atom is -0.393 e. The highest BCUT2D eigenvalue weighted by Gasteiger charge is 2.63. The van der Waals surface area contributed by atoms with Crippen molar-refractivity contribution in [3.8, 4) is 0 Å². The lowest BCUT2D eigenvalue weighted by atomic mass is 9.42. The molecule has 0 spiro atoms. The Morgan fingerprint density at radius 1 is 0.909 bits per heavy atom.